The molecule has 0 unspecified atom stereocenters. The minimum absolute atomic E-state index is 0.104. The number of nitrogens with zero attached hydrogens (tertiary/aromatic N) is 2. The summed E-state index contributed by atoms with van der Waals surface area (Å²) < 4.78 is 7.50. The van der Waals surface area contributed by atoms with Crippen LogP contribution < -0.4 is 10.3 Å². The second kappa shape index (κ2) is 5.57. The molecule has 0 saturated heterocycles. The van der Waals surface area contributed by atoms with Crippen LogP contribution in [0, 0.1) is 0 Å². The maximum Gasteiger partial charge on any atom is 0.259 e. The van der Waals surface area contributed by atoms with Crippen LogP contribution in [0.15, 0.2) is 41.3 Å². The predicted molar refractivity (Wildman–Crippen MR) is 89.8 cm³/mol. The van der Waals surface area contributed by atoms with Crippen LogP contribution in [0.25, 0.3) is 22.2 Å². The van der Waals surface area contributed by atoms with Gasteiger partial charge in [0.15, 0.2) is 0 Å². The van der Waals surface area contributed by atoms with E-state index in [2.05, 4.69) is 4.98 Å². The van der Waals surface area contributed by atoms with Gasteiger partial charge in [-0.25, -0.2) is 0 Å². The van der Waals surface area contributed by atoms with Gasteiger partial charge in [-0.3, -0.25) is 9.48 Å². The number of rotatable bonds is 3. The minimum Gasteiger partial charge on any atom is -0.496 e. The molecule has 0 spiro atoms. The van der Waals surface area contributed by atoms with E-state index < -0.39 is 0 Å². The Hall–Kier alpha value is -2.56. The first-order valence-corrected chi connectivity index (χ1v) is 8.03. The SMILES string of the molecule is COc1ccccc1-c1nn(C2CCCC2)c2cc[nH]c(=O)c12. The molecule has 5 nitrogen and oxygen atoms in total. The molecule has 1 N–H and O–H groups in total. The zero-order valence-electron chi connectivity index (χ0n) is 13.1. The molecular formula is C18H19N3O2. The molecular weight excluding hydrogens is 290 g/mol. The summed E-state index contributed by atoms with van der Waals surface area (Å²) in [7, 11) is 1.64. The van der Waals surface area contributed by atoms with E-state index in [0.717, 1.165) is 29.7 Å². The van der Waals surface area contributed by atoms with Crippen molar-refractivity contribution in [1.82, 2.24) is 14.8 Å². The molecule has 3 aromatic rings. The minimum atomic E-state index is -0.104. The highest BCUT2D eigenvalue weighted by Crippen LogP contribution is 2.36. The fourth-order valence-corrected chi connectivity index (χ4v) is 3.56. The first-order valence-electron chi connectivity index (χ1n) is 8.03. The van der Waals surface area contributed by atoms with Crippen molar-refractivity contribution in [2.24, 2.45) is 0 Å². The molecule has 0 aliphatic heterocycles. The quantitative estimate of drug-likeness (QED) is 0.805. The van der Waals surface area contributed by atoms with Crippen LogP contribution in [0.5, 0.6) is 5.75 Å². The fourth-order valence-electron chi connectivity index (χ4n) is 3.56. The van der Waals surface area contributed by atoms with Crippen molar-refractivity contribution in [3.8, 4) is 17.0 Å². The monoisotopic (exact) mass is 309 g/mol. The number of aromatic nitrogens is 3. The van der Waals surface area contributed by atoms with Crippen LogP contribution in [0.3, 0.4) is 0 Å². The van der Waals surface area contributed by atoms with Crippen LogP contribution in [0.2, 0.25) is 0 Å². The van der Waals surface area contributed by atoms with Gasteiger partial charge in [0.25, 0.3) is 5.56 Å². The Labute approximate surface area is 133 Å². The summed E-state index contributed by atoms with van der Waals surface area (Å²) in [5.74, 6) is 0.730. The van der Waals surface area contributed by atoms with Gasteiger partial charge >= 0.3 is 0 Å². The lowest BCUT2D eigenvalue weighted by molar-refractivity contribution is 0.416. The van der Waals surface area contributed by atoms with Gasteiger partial charge in [-0.15, -0.1) is 0 Å². The second-order valence-corrected chi connectivity index (χ2v) is 6.00. The van der Waals surface area contributed by atoms with E-state index in [9.17, 15) is 4.79 Å². The van der Waals surface area contributed by atoms with Gasteiger partial charge in [-0.05, 0) is 31.0 Å². The Morgan fingerprint density at radius 3 is 2.78 bits per heavy atom. The molecule has 2 aromatic heterocycles. The summed E-state index contributed by atoms with van der Waals surface area (Å²) in [6, 6.07) is 10.0. The maximum absolute atomic E-state index is 12.5. The van der Waals surface area contributed by atoms with E-state index in [1.54, 1.807) is 13.3 Å². The number of methoxy groups -OCH3 is 1. The number of hydrogen-bond donors (Lipinski definition) is 1. The highest BCUT2D eigenvalue weighted by Gasteiger charge is 2.24. The van der Waals surface area contributed by atoms with Crippen molar-refractivity contribution in [2.75, 3.05) is 7.11 Å². The smallest absolute Gasteiger partial charge is 0.259 e. The lowest BCUT2D eigenvalue weighted by atomic mass is 10.1. The zero-order valence-corrected chi connectivity index (χ0v) is 13.1. The molecule has 0 radical (unpaired) electrons. The van der Waals surface area contributed by atoms with Crippen molar-refractivity contribution in [2.45, 2.75) is 31.7 Å². The number of nitrogens with one attached hydrogen (secondary N) is 1. The topological polar surface area (TPSA) is 59.9 Å². The summed E-state index contributed by atoms with van der Waals surface area (Å²) in [6.45, 7) is 0. The van der Waals surface area contributed by atoms with E-state index in [1.165, 1.54) is 12.8 Å². The molecule has 1 aliphatic rings. The Kier molecular flexibility index (Phi) is 3.41. The van der Waals surface area contributed by atoms with Gasteiger partial charge in [0.1, 0.15) is 11.4 Å². The first-order chi connectivity index (χ1) is 11.3. The molecule has 118 valence electrons. The normalized spacial score (nSPS) is 15.3. The number of aromatic amines is 1. The Morgan fingerprint density at radius 1 is 1.22 bits per heavy atom. The highest BCUT2D eigenvalue weighted by molar-refractivity contribution is 5.94. The summed E-state index contributed by atoms with van der Waals surface area (Å²) in [4.78, 5) is 15.2. The van der Waals surface area contributed by atoms with Crippen LogP contribution >= 0.6 is 0 Å². The van der Waals surface area contributed by atoms with Gasteiger partial charge in [-0.2, -0.15) is 5.10 Å². The standard InChI is InChI=1S/C18H19N3O2/c1-23-15-9-5-4-8-13(15)17-16-14(10-11-19-18(16)22)21(20-17)12-6-2-3-7-12/h4-5,8-12H,2-3,6-7H2,1H3,(H,19,22). The molecule has 5 heteroatoms. The van der Waals surface area contributed by atoms with E-state index in [4.69, 9.17) is 9.84 Å². The molecule has 1 aromatic carbocycles. The average Bonchev–Trinajstić information content (AvgIpc) is 3.22. The summed E-state index contributed by atoms with van der Waals surface area (Å²) in [6.07, 6.45) is 6.38. The third-order valence-corrected chi connectivity index (χ3v) is 4.66. The molecule has 1 fully saturated rings. The van der Waals surface area contributed by atoms with Crippen molar-refractivity contribution in [3.05, 3.63) is 46.9 Å². The lowest BCUT2D eigenvalue weighted by Gasteiger charge is -2.11. The van der Waals surface area contributed by atoms with Crippen molar-refractivity contribution in [1.29, 1.82) is 0 Å². The molecule has 23 heavy (non-hydrogen) atoms. The zero-order chi connectivity index (χ0) is 15.8. The van der Waals surface area contributed by atoms with E-state index in [0.29, 0.717) is 17.1 Å². The van der Waals surface area contributed by atoms with Gasteiger partial charge in [0.05, 0.1) is 24.1 Å². The summed E-state index contributed by atoms with van der Waals surface area (Å²) in [5.41, 5.74) is 2.36. The molecule has 1 saturated carbocycles. The fraction of sp³-hybridized carbons (Fsp3) is 0.333. The molecule has 4 rings (SSSR count). The maximum atomic E-state index is 12.5. The number of H-pyrrole nitrogens is 1. The third kappa shape index (κ3) is 2.23. The van der Waals surface area contributed by atoms with Gasteiger partial charge in [-0.1, -0.05) is 25.0 Å². The van der Waals surface area contributed by atoms with Crippen LogP contribution in [-0.4, -0.2) is 21.9 Å². The average molecular weight is 309 g/mol. The molecule has 0 bridgehead atoms. The number of benzene rings is 1. The van der Waals surface area contributed by atoms with Crippen LogP contribution in [-0.2, 0) is 0 Å². The van der Waals surface area contributed by atoms with Gasteiger partial charge in [0, 0.05) is 11.8 Å². The van der Waals surface area contributed by atoms with E-state index in [-0.39, 0.29) is 5.56 Å². The number of para-hydroxylation sites is 1. The molecule has 0 atom stereocenters. The lowest BCUT2D eigenvalue weighted by Crippen LogP contribution is -2.08. The van der Waals surface area contributed by atoms with E-state index >= 15 is 0 Å². The van der Waals surface area contributed by atoms with E-state index in [1.807, 2.05) is 35.0 Å². The van der Waals surface area contributed by atoms with Crippen molar-refractivity contribution < 1.29 is 4.74 Å². The number of hydrogen-bond acceptors (Lipinski definition) is 3. The molecule has 0 amide bonds. The first kappa shape index (κ1) is 14.1. The largest absolute Gasteiger partial charge is 0.496 e. The second-order valence-electron chi connectivity index (χ2n) is 6.00. The predicted octanol–water partition coefficient (Wildman–Crippen LogP) is 3.52. The van der Waals surface area contributed by atoms with Crippen LogP contribution in [0.4, 0.5) is 0 Å². The van der Waals surface area contributed by atoms with Crippen molar-refractivity contribution >= 4 is 10.9 Å². The molecule has 2 heterocycles. The third-order valence-electron chi connectivity index (χ3n) is 4.66. The Bertz CT molecular complexity index is 904. The highest BCUT2D eigenvalue weighted by atomic mass is 16.5. The number of ether oxygens (including phenoxy) is 1. The molecule has 1 aliphatic carbocycles. The Morgan fingerprint density at radius 2 is 2.00 bits per heavy atom. The summed E-state index contributed by atoms with van der Waals surface area (Å²) >= 11 is 0. The van der Waals surface area contributed by atoms with Gasteiger partial charge < -0.3 is 9.72 Å². The number of pyridine rings is 1. The summed E-state index contributed by atoms with van der Waals surface area (Å²) in [5, 5.41) is 5.47. The number of fused-ring (bicyclic) bond motifs is 1. The van der Waals surface area contributed by atoms with Crippen LogP contribution in [0.1, 0.15) is 31.7 Å². The van der Waals surface area contributed by atoms with Crippen molar-refractivity contribution in [3.63, 3.8) is 0 Å². The Balaban J connectivity index is 2.01. The van der Waals surface area contributed by atoms with Gasteiger partial charge in [0.2, 0.25) is 0 Å².